The van der Waals surface area contributed by atoms with E-state index in [4.69, 9.17) is 14.2 Å². The second-order valence-corrected chi connectivity index (χ2v) is 5.17. The Morgan fingerprint density at radius 3 is 2.68 bits per heavy atom. The maximum Gasteiger partial charge on any atom is 0.315 e. The quantitative estimate of drug-likeness (QED) is 0.523. The van der Waals surface area contributed by atoms with Crippen molar-refractivity contribution in [1.82, 2.24) is 0 Å². The van der Waals surface area contributed by atoms with Crippen LogP contribution in [0, 0.1) is 0 Å². The van der Waals surface area contributed by atoms with Gasteiger partial charge in [-0.15, -0.1) is 11.8 Å². The van der Waals surface area contributed by atoms with Crippen LogP contribution in [-0.2, 0) is 19.1 Å². The van der Waals surface area contributed by atoms with Gasteiger partial charge in [0, 0.05) is 7.11 Å². The Bertz CT molecular complexity index is 481. The Balaban J connectivity index is 2.30. The lowest BCUT2D eigenvalue weighted by Crippen LogP contribution is -2.17. The van der Waals surface area contributed by atoms with Crippen LogP contribution in [0.1, 0.15) is 6.92 Å². The average Bonchev–Trinajstić information content (AvgIpc) is 2.50. The molecule has 1 aromatic rings. The molecule has 0 bridgehead atoms. The van der Waals surface area contributed by atoms with E-state index in [9.17, 15) is 9.59 Å². The van der Waals surface area contributed by atoms with E-state index in [0.29, 0.717) is 24.7 Å². The number of para-hydroxylation sites is 2. The van der Waals surface area contributed by atoms with Crippen LogP contribution in [0.5, 0.6) is 5.75 Å². The van der Waals surface area contributed by atoms with Crippen molar-refractivity contribution in [3.63, 3.8) is 0 Å². The molecule has 7 heteroatoms. The van der Waals surface area contributed by atoms with Crippen LogP contribution in [-0.4, -0.2) is 50.3 Å². The summed E-state index contributed by atoms with van der Waals surface area (Å²) >= 11 is 1.20. The lowest BCUT2D eigenvalue weighted by molar-refractivity contribution is -0.141. The van der Waals surface area contributed by atoms with Gasteiger partial charge < -0.3 is 19.5 Å². The van der Waals surface area contributed by atoms with Crippen molar-refractivity contribution in [3.8, 4) is 5.75 Å². The molecule has 0 aromatic heterocycles. The molecule has 22 heavy (non-hydrogen) atoms. The Morgan fingerprint density at radius 1 is 1.18 bits per heavy atom. The van der Waals surface area contributed by atoms with Gasteiger partial charge in [-0.2, -0.15) is 0 Å². The highest BCUT2D eigenvalue weighted by Gasteiger charge is 2.09. The first-order valence-electron chi connectivity index (χ1n) is 6.91. The molecule has 0 saturated carbocycles. The minimum absolute atomic E-state index is 0.129. The van der Waals surface area contributed by atoms with E-state index in [2.05, 4.69) is 5.32 Å². The molecule has 1 rings (SSSR count). The van der Waals surface area contributed by atoms with Gasteiger partial charge in [0.15, 0.2) is 0 Å². The van der Waals surface area contributed by atoms with Gasteiger partial charge in [0.25, 0.3) is 0 Å². The summed E-state index contributed by atoms with van der Waals surface area (Å²) in [4.78, 5) is 23.2. The number of esters is 1. The van der Waals surface area contributed by atoms with Crippen LogP contribution in [0.3, 0.4) is 0 Å². The molecular weight excluding hydrogens is 306 g/mol. The molecule has 0 fully saturated rings. The van der Waals surface area contributed by atoms with Crippen LogP contribution in [0.2, 0.25) is 0 Å². The van der Waals surface area contributed by atoms with E-state index in [1.807, 2.05) is 19.1 Å². The van der Waals surface area contributed by atoms with Gasteiger partial charge in [0.2, 0.25) is 5.91 Å². The highest BCUT2D eigenvalue weighted by Crippen LogP contribution is 2.23. The maximum atomic E-state index is 11.9. The molecular formula is C15H21NO5S. The number of thioether (sulfide) groups is 1. The van der Waals surface area contributed by atoms with Crippen molar-refractivity contribution in [2.75, 3.05) is 43.8 Å². The van der Waals surface area contributed by atoms with E-state index in [-0.39, 0.29) is 30.0 Å². The summed E-state index contributed by atoms with van der Waals surface area (Å²) in [5, 5.41) is 2.76. The molecule has 0 spiro atoms. The Hall–Kier alpha value is -1.73. The van der Waals surface area contributed by atoms with Crippen molar-refractivity contribution in [2.45, 2.75) is 6.92 Å². The van der Waals surface area contributed by atoms with Crippen LogP contribution >= 0.6 is 11.8 Å². The van der Waals surface area contributed by atoms with E-state index in [1.54, 1.807) is 12.1 Å². The first kappa shape index (κ1) is 18.3. The van der Waals surface area contributed by atoms with Crippen LogP contribution in [0.4, 0.5) is 5.69 Å². The van der Waals surface area contributed by atoms with Gasteiger partial charge in [-0.25, -0.2) is 0 Å². The lowest BCUT2D eigenvalue weighted by Gasteiger charge is -2.11. The SMILES string of the molecule is CCOc1ccccc1NC(=O)CSCC(=O)OCCOC. The predicted molar refractivity (Wildman–Crippen MR) is 86.4 cm³/mol. The number of methoxy groups -OCH3 is 1. The summed E-state index contributed by atoms with van der Waals surface area (Å²) in [7, 11) is 1.53. The summed E-state index contributed by atoms with van der Waals surface area (Å²) in [6.45, 7) is 2.99. The molecule has 1 amide bonds. The molecule has 0 atom stereocenters. The summed E-state index contributed by atoms with van der Waals surface area (Å²) in [5.41, 5.74) is 0.623. The summed E-state index contributed by atoms with van der Waals surface area (Å²) in [6, 6.07) is 7.22. The molecule has 122 valence electrons. The maximum absolute atomic E-state index is 11.9. The summed E-state index contributed by atoms with van der Waals surface area (Å²) in [5.74, 6) is 0.373. The summed E-state index contributed by atoms with van der Waals surface area (Å²) in [6.07, 6.45) is 0. The normalized spacial score (nSPS) is 10.1. The number of carbonyl (C=O) groups is 2. The highest BCUT2D eigenvalue weighted by molar-refractivity contribution is 8.00. The molecule has 0 aliphatic carbocycles. The van der Waals surface area contributed by atoms with E-state index in [0.717, 1.165) is 0 Å². The van der Waals surface area contributed by atoms with E-state index >= 15 is 0 Å². The van der Waals surface area contributed by atoms with Crippen LogP contribution in [0.15, 0.2) is 24.3 Å². The zero-order valence-electron chi connectivity index (χ0n) is 12.8. The molecule has 0 aliphatic heterocycles. The lowest BCUT2D eigenvalue weighted by atomic mass is 10.3. The molecule has 1 N–H and O–H groups in total. The number of benzene rings is 1. The monoisotopic (exact) mass is 327 g/mol. The standard InChI is InChI=1S/C15H21NO5S/c1-3-20-13-7-5-4-6-12(13)16-14(17)10-22-11-15(18)21-9-8-19-2/h4-7H,3,8-11H2,1-2H3,(H,16,17). The van der Waals surface area contributed by atoms with Crippen molar-refractivity contribution in [1.29, 1.82) is 0 Å². The third-order valence-corrected chi connectivity index (χ3v) is 3.37. The molecule has 0 heterocycles. The van der Waals surface area contributed by atoms with Gasteiger partial charge in [-0.05, 0) is 19.1 Å². The third-order valence-electron chi connectivity index (χ3n) is 2.46. The third kappa shape index (κ3) is 7.33. The van der Waals surface area contributed by atoms with Crippen LogP contribution < -0.4 is 10.1 Å². The topological polar surface area (TPSA) is 73.9 Å². The predicted octanol–water partition coefficient (Wildman–Crippen LogP) is 1.95. The summed E-state index contributed by atoms with van der Waals surface area (Å²) < 4.78 is 15.1. The number of carbonyl (C=O) groups excluding carboxylic acids is 2. The highest BCUT2D eigenvalue weighted by atomic mass is 32.2. The van der Waals surface area contributed by atoms with Crippen molar-refractivity contribution in [2.24, 2.45) is 0 Å². The van der Waals surface area contributed by atoms with Gasteiger partial charge in [0.05, 0.1) is 30.4 Å². The molecule has 1 aromatic carbocycles. The van der Waals surface area contributed by atoms with Crippen LogP contribution in [0.25, 0.3) is 0 Å². The van der Waals surface area contributed by atoms with Gasteiger partial charge in [0.1, 0.15) is 12.4 Å². The number of nitrogens with one attached hydrogen (secondary N) is 1. The van der Waals surface area contributed by atoms with Gasteiger partial charge in [-0.1, -0.05) is 12.1 Å². The number of rotatable bonds is 10. The molecule has 0 unspecified atom stereocenters. The zero-order valence-corrected chi connectivity index (χ0v) is 13.6. The van der Waals surface area contributed by atoms with Crippen molar-refractivity contribution >= 4 is 29.3 Å². The minimum atomic E-state index is -0.357. The number of amides is 1. The zero-order chi connectivity index (χ0) is 16.2. The number of hydrogen-bond acceptors (Lipinski definition) is 6. The van der Waals surface area contributed by atoms with E-state index in [1.165, 1.54) is 18.9 Å². The average molecular weight is 327 g/mol. The Labute approximate surface area is 134 Å². The second-order valence-electron chi connectivity index (χ2n) is 4.18. The molecule has 6 nitrogen and oxygen atoms in total. The fourth-order valence-corrected chi connectivity index (χ4v) is 2.15. The number of ether oxygens (including phenoxy) is 3. The molecule has 0 saturated heterocycles. The molecule has 0 aliphatic rings. The largest absolute Gasteiger partial charge is 0.492 e. The van der Waals surface area contributed by atoms with Gasteiger partial charge >= 0.3 is 5.97 Å². The van der Waals surface area contributed by atoms with Crippen molar-refractivity contribution < 1.29 is 23.8 Å². The fourth-order valence-electron chi connectivity index (χ4n) is 1.55. The second kappa shape index (κ2) is 10.9. The Kier molecular flexibility index (Phi) is 9.09. The van der Waals surface area contributed by atoms with Gasteiger partial charge in [-0.3, -0.25) is 9.59 Å². The minimum Gasteiger partial charge on any atom is -0.492 e. The van der Waals surface area contributed by atoms with E-state index < -0.39 is 0 Å². The van der Waals surface area contributed by atoms with Crippen molar-refractivity contribution in [3.05, 3.63) is 24.3 Å². The number of hydrogen-bond donors (Lipinski definition) is 1. The smallest absolute Gasteiger partial charge is 0.315 e. The number of anilines is 1. The first-order chi connectivity index (χ1) is 10.7. The first-order valence-corrected chi connectivity index (χ1v) is 8.06. The Morgan fingerprint density at radius 2 is 1.95 bits per heavy atom. The fraction of sp³-hybridized carbons (Fsp3) is 0.467. The molecule has 0 radical (unpaired) electrons.